The van der Waals surface area contributed by atoms with Gasteiger partial charge < -0.3 is 5.11 Å². The van der Waals surface area contributed by atoms with Crippen LogP contribution in [0, 0.1) is 0 Å². The molecule has 0 bridgehead atoms. The smallest absolute Gasteiger partial charge is 0.204 e. The number of phenolic OH excluding ortho intramolecular Hbond substituents is 1. The molecule has 1 aromatic carbocycles. The molecular formula is C14H11NO2. The van der Waals surface area contributed by atoms with E-state index in [0.717, 1.165) is 5.56 Å². The number of benzene rings is 1. The Kier molecular flexibility index (Phi) is 3.31. The van der Waals surface area contributed by atoms with Crippen LogP contribution in [0.3, 0.4) is 0 Å². The van der Waals surface area contributed by atoms with Gasteiger partial charge in [-0.25, -0.2) is 0 Å². The topological polar surface area (TPSA) is 50.2 Å². The molecule has 1 heterocycles. The molecule has 1 N–H and O–H groups in total. The standard InChI is InChI=1S/C14H11NO2/c16-12-7-4-11(5-8-12)6-9-14(17)13-3-1-2-10-15-13/h1-10,16H/b9-6+. The van der Waals surface area contributed by atoms with Crippen LogP contribution in [-0.4, -0.2) is 15.9 Å². The Hall–Kier alpha value is -2.42. The first-order valence-corrected chi connectivity index (χ1v) is 5.18. The lowest BCUT2D eigenvalue weighted by Gasteiger charge is -1.95. The van der Waals surface area contributed by atoms with Gasteiger partial charge in [0.15, 0.2) is 0 Å². The van der Waals surface area contributed by atoms with E-state index < -0.39 is 0 Å². The fourth-order valence-electron chi connectivity index (χ4n) is 1.35. The molecule has 0 saturated carbocycles. The summed E-state index contributed by atoms with van der Waals surface area (Å²) in [5.74, 6) is 0.0666. The van der Waals surface area contributed by atoms with Gasteiger partial charge in [-0.05, 0) is 35.9 Å². The van der Waals surface area contributed by atoms with Crippen molar-refractivity contribution in [3.63, 3.8) is 0 Å². The lowest BCUT2D eigenvalue weighted by atomic mass is 10.1. The summed E-state index contributed by atoms with van der Waals surface area (Å²) in [5.41, 5.74) is 1.27. The SMILES string of the molecule is O=C(/C=C/c1ccc(O)cc1)c1ccccn1. The van der Waals surface area contributed by atoms with Crippen molar-refractivity contribution >= 4 is 11.9 Å². The van der Waals surface area contributed by atoms with Crippen LogP contribution >= 0.6 is 0 Å². The van der Waals surface area contributed by atoms with Crippen LogP contribution < -0.4 is 0 Å². The average molecular weight is 225 g/mol. The predicted octanol–water partition coefficient (Wildman–Crippen LogP) is 2.68. The summed E-state index contributed by atoms with van der Waals surface area (Å²) in [6.45, 7) is 0. The first kappa shape index (κ1) is 11.1. The minimum absolute atomic E-state index is 0.140. The number of aromatic hydroxyl groups is 1. The second-order valence-electron chi connectivity index (χ2n) is 3.50. The maximum Gasteiger partial charge on any atom is 0.204 e. The molecule has 0 aliphatic heterocycles. The molecular weight excluding hydrogens is 214 g/mol. The summed E-state index contributed by atoms with van der Waals surface area (Å²) in [6.07, 6.45) is 4.74. The van der Waals surface area contributed by atoms with E-state index >= 15 is 0 Å². The van der Waals surface area contributed by atoms with Gasteiger partial charge in [0.25, 0.3) is 0 Å². The van der Waals surface area contributed by atoms with Crippen molar-refractivity contribution < 1.29 is 9.90 Å². The third kappa shape index (κ3) is 3.01. The van der Waals surface area contributed by atoms with Crippen molar-refractivity contribution in [1.82, 2.24) is 4.98 Å². The van der Waals surface area contributed by atoms with Gasteiger partial charge in [-0.3, -0.25) is 9.78 Å². The number of hydrogen-bond acceptors (Lipinski definition) is 3. The van der Waals surface area contributed by atoms with E-state index in [-0.39, 0.29) is 11.5 Å². The van der Waals surface area contributed by atoms with E-state index in [0.29, 0.717) is 5.69 Å². The number of rotatable bonds is 3. The highest BCUT2D eigenvalue weighted by Gasteiger charge is 2.00. The Bertz CT molecular complexity index is 530. The van der Waals surface area contributed by atoms with Gasteiger partial charge in [0.05, 0.1) is 0 Å². The van der Waals surface area contributed by atoms with Crippen LogP contribution in [0.15, 0.2) is 54.7 Å². The van der Waals surface area contributed by atoms with Crippen molar-refractivity contribution in [3.05, 3.63) is 66.0 Å². The first-order valence-electron chi connectivity index (χ1n) is 5.18. The van der Waals surface area contributed by atoms with Crippen LogP contribution in [0.4, 0.5) is 0 Å². The average Bonchev–Trinajstić information content (AvgIpc) is 2.39. The highest BCUT2D eigenvalue weighted by Crippen LogP contribution is 2.11. The number of aromatic nitrogens is 1. The van der Waals surface area contributed by atoms with Gasteiger partial charge in [0.1, 0.15) is 11.4 Å². The first-order chi connectivity index (χ1) is 8.25. The van der Waals surface area contributed by atoms with Crippen LogP contribution in [-0.2, 0) is 0 Å². The molecule has 0 atom stereocenters. The highest BCUT2D eigenvalue weighted by molar-refractivity contribution is 6.05. The number of carbonyl (C=O) groups is 1. The lowest BCUT2D eigenvalue weighted by molar-refractivity contribution is 0.104. The molecule has 0 spiro atoms. The molecule has 0 unspecified atom stereocenters. The predicted molar refractivity (Wildman–Crippen MR) is 65.7 cm³/mol. The van der Waals surface area contributed by atoms with Gasteiger partial charge in [-0.1, -0.05) is 24.3 Å². The molecule has 0 radical (unpaired) electrons. The lowest BCUT2D eigenvalue weighted by Crippen LogP contribution is -1.96. The summed E-state index contributed by atoms with van der Waals surface area (Å²) in [7, 11) is 0. The third-order valence-corrected chi connectivity index (χ3v) is 2.24. The number of carbonyl (C=O) groups excluding carboxylic acids is 1. The normalized spacial score (nSPS) is 10.6. The van der Waals surface area contributed by atoms with Gasteiger partial charge >= 0.3 is 0 Å². The Morgan fingerprint density at radius 2 is 1.88 bits per heavy atom. The van der Waals surface area contributed by atoms with Crippen LogP contribution in [0.2, 0.25) is 0 Å². The Morgan fingerprint density at radius 1 is 1.12 bits per heavy atom. The number of phenols is 1. The molecule has 2 aromatic rings. The van der Waals surface area contributed by atoms with Crippen molar-refractivity contribution in [1.29, 1.82) is 0 Å². The van der Waals surface area contributed by atoms with Crippen molar-refractivity contribution in [3.8, 4) is 5.75 Å². The Balaban J connectivity index is 2.11. The maximum absolute atomic E-state index is 11.7. The van der Waals surface area contributed by atoms with E-state index in [4.69, 9.17) is 5.11 Å². The summed E-state index contributed by atoms with van der Waals surface area (Å²) in [4.78, 5) is 15.7. The minimum atomic E-state index is -0.140. The van der Waals surface area contributed by atoms with Gasteiger partial charge in [-0.2, -0.15) is 0 Å². The summed E-state index contributed by atoms with van der Waals surface area (Å²) < 4.78 is 0. The van der Waals surface area contributed by atoms with Gasteiger partial charge in [-0.15, -0.1) is 0 Å². The molecule has 1 aromatic heterocycles. The molecule has 2 rings (SSSR count). The molecule has 3 heteroatoms. The fraction of sp³-hybridized carbons (Fsp3) is 0. The largest absolute Gasteiger partial charge is 0.508 e. The molecule has 3 nitrogen and oxygen atoms in total. The highest BCUT2D eigenvalue weighted by atomic mass is 16.3. The number of pyridine rings is 1. The molecule has 0 aliphatic carbocycles. The van der Waals surface area contributed by atoms with Crippen LogP contribution in [0.25, 0.3) is 6.08 Å². The van der Waals surface area contributed by atoms with Gasteiger partial charge in [0.2, 0.25) is 5.78 Å². The minimum Gasteiger partial charge on any atom is -0.508 e. The van der Waals surface area contributed by atoms with Gasteiger partial charge in [0, 0.05) is 6.20 Å². The zero-order valence-electron chi connectivity index (χ0n) is 9.08. The molecule has 0 aliphatic rings. The molecule has 0 fully saturated rings. The van der Waals surface area contributed by atoms with Crippen molar-refractivity contribution in [2.45, 2.75) is 0 Å². The summed E-state index contributed by atoms with van der Waals surface area (Å²) in [6, 6.07) is 11.8. The summed E-state index contributed by atoms with van der Waals surface area (Å²) >= 11 is 0. The molecule has 17 heavy (non-hydrogen) atoms. The van der Waals surface area contributed by atoms with E-state index in [1.54, 1.807) is 54.7 Å². The Morgan fingerprint density at radius 3 is 2.53 bits per heavy atom. The van der Waals surface area contributed by atoms with E-state index in [9.17, 15) is 4.79 Å². The van der Waals surface area contributed by atoms with Crippen molar-refractivity contribution in [2.75, 3.05) is 0 Å². The van der Waals surface area contributed by atoms with Crippen molar-refractivity contribution in [2.24, 2.45) is 0 Å². The monoisotopic (exact) mass is 225 g/mol. The summed E-state index contributed by atoms with van der Waals surface area (Å²) in [5, 5.41) is 9.11. The second-order valence-corrected chi connectivity index (χ2v) is 3.50. The number of hydrogen-bond donors (Lipinski definition) is 1. The van der Waals surface area contributed by atoms with E-state index in [1.807, 2.05) is 0 Å². The zero-order valence-corrected chi connectivity index (χ0v) is 9.08. The van der Waals surface area contributed by atoms with Crippen LogP contribution in [0.5, 0.6) is 5.75 Å². The number of allylic oxidation sites excluding steroid dienone is 1. The second kappa shape index (κ2) is 5.07. The van der Waals surface area contributed by atoms with E-state index in [1.165, 1.54) is 6.08 Å². The Labute approximate surface area is 99.1 Å². The molecule has 84 valence electrons. The number of nitrogens with zero attached hydrogens (tertiary/aromatic N) is 1. The van der Waals surface area contributed by atoms with Crippen LogP contribution in [0.1, 0.15) is 16.1 Å². The molecule has 0 amide bonds. The van der Waals surface area contributed by atoms with E-state index in [2.05, 4.69) is 4.98 Å². The quantitative estimate of drug-likeness (QED) is 0.645. The molecule has 0 saturated heterocycles. The zero-order chi connectivity index (χ0) is 12.1. The maximum atomic E-state index is 11.7. The fourth-order valence-corrected chi connectivity index (χ4v) is 1.35. The third-order valence-electron chi connectivity index (χ3n) is 2.24. The number of ketones is 1.